The molecular weight excluding hydrogens is 216 g/mol. The van der Waals surface area contributed by atoms with Gasteiger partial charge in [-0.05, 0) is 37.2 Å². The van der Waals surface area contributed by atoms with Crippen LogP contribution in [0.3, 0.4) is 0 Å². The first kappa shape index (κ1) is 12.7. The molecule has 2 nitrogen and oxygen atoms in total. The third-order valence-corrected chi connectivity index (χ3v) is 5.51. The van der Waals surface area contributed by atoms with Crippen molar-refractivity contribution < 1.29 is 0 Å². The predicted octanol–water partition coefficient (Wildman–Crippen LogP) is 2.35. The number of nitrogens with one attached hydrogen (secondary N) is 1. The van der Waals surface area contributed by atoms with Gasteiger partial charge >= 0.3 is 0 Å². The van der Waals surface area contributed by atoms with Gasteiger partial charge in [0, 0.05) is 31.2 Å². The molecule has 0 bridgehead atoms. The summed E-state index contributed by atoms with van der Waals surface area (Å²) in [6.45, 7) is 8.38. The molecule has 0 spiro atoms. The lowest BCUT2D eigenvalue weighted by atomic mass is 9.89. The highest BCUT2D eigenvalue weighted by molar-refractivity contribution is 7.99. The maximum absolute atomic E-state index is 3.75. The largest absolute Gasteiger partial charge is 0.309 e. The summed E-state index contributed by atoms with van der Waals surface area (Å²) in [6, 6.07) is 0.876. The van der Waals surface area contributed by atoms with E-state index in [-0.39, 0.29) is 0 Å². The Bertz CT molecular complexity index is 210. The Kier molecular flexibility index (Phi) is 4.57. The van der Waals surface area contributed by atoms with Gasteiger partial charge in [-0.2, -0.15) is 11.8 Å². The Hall–Kier alpha value is 0.270. The minimum atomic E-state index is 0.406. The van der Waals surface area contributed by atoms with Crippen molar-refractivity contribution in [1.29, 1.82) is 0 Å². The molecule has 0 aromatic heterocycles. The lowest BCUT2D eigenvalue weighted by molar-refractivity contribution is 0.0816. The minimum absolute atomic E-state index is 0.406. The number of rotatable bonds is 3. The average Bonchev–Trinajstić information content (AvgIpc) is 2.40. The van der Waals surface area contributed by atoms with E-state index in [2.05, 4.69) is 35.8 Å². The molecule has 0 atom stereocenters. The molecule has 2 heterocycles. The molecule has 1 N–H and O–H groups in total. The summed E-state index contributed by atoms with van der Waals surface area (Å²) in [5, 5.41) is 3.75. The molecule has 0 aromatic rings. The molecule has 0 radical (unpaired) electrons. The van der Waals surface area contributed by atoms with Crippen molar-refractivity contribution in [1.82, 2.24) is 10.2 Å². The van der Waals surface area contributed by atoms with Gasteiger partial charge in [0.05, 0.1) is 0 Å². The van der Waals surface area contributed by atoms with Gasteiger partial charge in [0.25, 0.3) is 0 Å². The summed E-state index contributed by atoms with van der Waals surface area (Å²) >= 11 is 2.13. The van der Waals surface area contributed by atoms with Gasteiger partial charge in [-0.15, -0.1) is 0 Å². The van der Waals surface area contributed by atoms with Gasteiger partial charge in [0.15, 0.2) is 0 Å². The molecule has 0 saturated carbocycles. The maximum atomic E-state index is 3.75. The molecule has 0 aliphatic carbocycles. The maximum Gasteiger partial charge on any atom is 0.0304 e. The fourth-order valence-corrected chi connectivity index (χ4v) is 4.16. The average molecular weight is 242 g/mol. The fourth-order valence-electron chi connectivity index (χ4n) is 3.07. The van der Waals surface area contributed by atoms with E-state index in [1.165, 1.54) is 56.8 Å². The normalized spacial score (nSPS) is 28.1. The smallest absolute Gasteiger partial charge is 0.0304 e. The molecule has 2 rings (SSSR count). The zero-order valence-corrected chi connectivity index (χ0v) is 11.6. The first-order valence-electron chi connectivity index (χ1n) is 6.86. The van der Waals surface area contributed by atoms with Crippen LogP contribution in [0.2, 0.25) is 0 Å². The molecule has 16 heavy (non-hydrogen) atoms. The van der Waals surface area contributed by atoms with E-state index in [1.54, 1.807) is 0 Å². The van der Waals surface area contributed by atoms with Gasteiger partial charge in [-0.1, -0.05) is 13.8 Å². The highest BCUT2D eigenvalue weighted by Crippen LogP contribution is 2.27. The van der Waals surface area contributed by atoms with Crippen LogP contribution in [-0.4, -0.2) is 47.6 Å². The Morgan fingerprint density at radius 2 is 1.94 bits per heavy atom. The number of hydrogen-bond acceptors (Lipinski definition) is 3. The first-order chi connectivity index (χ1) is 7.79. The molecule has 0 amide bonds. The topological polar surface area (TPSA) is 15.3 Å². The summed E-state index contributed by atoms with van der Waals surface area (Å²) in [6.07, 6.45) is 5.35. The number of nitrogens with zero attached hydrogens (tertiary/aromatic N) is 1. The van der Waals surface area contributed by atoms with Crippen LogP contribution >= 0.6 is 11.8 Å². The van der Waals surface area contributed by atoms with Crippen LogP contribution in [0.15, 0.2) is 0 Å². The molecule has 0 unspecified atom stereocenters. The quantitative estimate of drug-likeness (QED) is 0.818. The SMILES string of the molecule is CCC1(CC)CN(C2CCSCC2)CCN1. The summed E-state index contributed by atoms with van der Waals surface area (Å²) in [5.41, 5.74) is 0.406. The molecule has 0 aromatic carbocycles. The lowest BCUT2D eigenvalue weighted by Gasteiger charge is -2.47. The number of piperazine rings is 1. The second-order valence-corrected chi connectivity index (χ2v) is 6.45. The zero-order valence-electron chi connectivity index (χ0n) is 10.8. The first-order valence-corrected chi connectivity index (χ1v) is 8.02. The van der Waals surface area contributed by atoms with Crippen LogP contribution in [0.25, 0.3) is 0 Å². The van der Waals surface area contributed by atoms with E-state index in [0.717, 1.165) is 6.04 Å². The van der Waals surface area contributed by atoms with Gasteiger partial charge < -0.3 is 5.32 Å². The molecule has 94 valence electrons. The van der Waals surface area contributed by atoms with Gasteiger partial charge in [0.1, 0.15) is 0 Å². The van der Waals surface area contributed by atoms with Crippen molar-refractivity contribution in [3.8, 4) is 0 Å². The number of hydrogen-bond donors (Lipinski definition) is 1. The molecular formula is C13H26N2S. The standard InChI is InChI=1S/C13H26N2S/c1-3-13(4-2)11-15(8-7-14-13)12-5-9-16-10-6-12/h12,14H,3-11H2,1-2H3. The van der Waals surface area contributed by atoms with Gasteiger partial charge in [-0.25, -0.2) is 0 Å². The Morgan fingerprint density at radius 3 is 2.56 bits per heavy atom. The minimum Gasteiger partial charge on any atom is -0.309 e. The Labute approximate surface area is 105 Å². The second-order valence-electron chi connectivity index (χ2n) is 5.23. The highest BCUT2D eigenvalue weighted by Gasteiger charge is 2.34. The van der Waals surface area contributed by atoms with E-state index in [4.69, 9.17) is 0 Å². The molecule has 3 heteroatoms. The molecule has 2 aliphatic rings. The zero-order chi connectivity index (χ0) is 11.4. The van der Waals surface area contributed by atoms with E-state index >= 15 is 0 Å². The summed E-state index contributed by atoms with van der Waals surface area (Å²) in [5.74, 6) is 2.75. The van der Waals surface area contributed by atoms with Gasteiger partial charge in [0.2, 0.25) is 0 Å². The van der Waals surface area contributed by atoms with Crippen LogP contribution in [0.5, 0.6) is 0 Å². The number of thioether (sulfide) groups is 1. The predicted molar refractivity (Wildman–Crippen MR) is 73.2 cm³/mol. The fraction of sp³-hybridized carbons (Fsp3) is 1.00. The third kappa shape index (κ3) is 2.74. The van der Waals surface area contributed by atoms with Crippen LogP contribution in [-0.2, 0) is 0 Å². The Balaban J connectivity index is 1.94. The Morgan fingerprint density at radius 1 is 1.25 bits per heavy atom. The second kappa shape index (κ2) is 5.74. The van der Waals surface area contributed by atoms with Crippen molar-refractivity contribution >= 4 is 11.8 Å². The monoisotopic (exact) mass is 242 g/mol. The summed E-state index contributed by atoms with van der Waals surface area (Å²) < 4.78 is 0. The lowest BCUT2D eigenvalue weighted by Crippen LogP contribution is -2.62. The summed E-state index contributed by atoms with van der Waals surface area (Å²) in [7, 11) is 0. The van der Waals surface area contributed by atoms with E-state index in [9.17, 15) is 0 Å². The van der Waals surface area contributed by atoms with Gasteiger partial charge in [-0.3, -0.25) is 4.90 Å². The van der Waals surface area contributed by atoms with E-state index in [1.807, 2.05) is 0 Å². The van der Waals surface area contributed by atoms with Crippen molar-refractivity contribution in [2.75, 3.05) is 31.1 Å². The molecule has 2 aliphatic heterocycles. The third-order valence-electron chi connectivity index (χ3n) is 4.47. The van der Waals surface area contributed by atoms with Crippen molar-refractivity contribution in [3.63, 3.8) is 0 Å². The van der Waals surface area contributed by atoms with Crippen LogP contribution in [0.4, 0.5) is 0 Å². The van der Waals surface area contributed by atoms with E-state index < -0.39 is 0 Å². The van der Waals surface area contributed by atoms with Crippen LogP contribution < -0.4 is 5.32 Å². The van der Waals surface area contributed by atoms with Crippen molar-refractivity contribution in [2.24, 2.45) is 0 Å². The van der Waals surface area contributed by atoms with E-state index in [0.29, 0.717) is 5.54 Å². The van der Waals surface area contributed by atoms with Crippen LogP contribution in [0, 0.1) is 0 Å². The molecule has 2 saturated heterocycles. The summed E-state index contributed by atoms with van der Waals surface area (Å²) in [4.78, 5) is 2.77. The van der Waals surface area contributed by atoms with Crippen LogP contribution in [0.1, 0.15) is 39.5 Å². The molecule has 2 fully saturated rings. The van der Waals surface area contributed by atoms with Crippen molar-refractivity contribution in [2.45, 2.75) is 51.1 Å². The highest BCUT2D eigenvalue weighted by atomic mass is 32.2. The van der Waals surface area contributed by atoms with Crippen molar-refractivity contribution in [3.05, 3.63) is 0 Å².